The molecule has 2 atom stereocenters. The van der Waals surface area contributed by atoms with E-state index in [1.54, 1.807) is 0 Å². The molecule has 0 aromatic carbocycles. The predicted molar refractivity (Wildman–Crippen MR) is 77.8 cm³/mol. The largest absolute Gasteiger partial charge is 0.350 e. The van der Waals surface area contributed by atoms with Crippen LogP contribution in [0.3, 0.4) is 0 Å². The van der Waals surface area contributed by atoms with Crippen molar-refractivity contribution in [2.45, 2.75) is 23.1 Å². The number of nitrogens with zero attached hydrogens (tertiary/aromatic N) is 4. The Morgan fingerprint density at radius 1 is 1.52 bits per heavy atom. The summed E-state index contributed by atoms with van der Waals surface area (Å²) in [6.07, 6.45) is 0. The van der Waals surface area contributed by atoms with Crippen molar-refractivity contribution in [3.63, 3.8) is 0 Å². The van der Waals surface area contributed by atoms with Gasteiger partial charge in [-0.3, -0.25) is 4.79 Å². The van der Waals surface area contributed by atoms with Crippen molar-refractivity contribution in [1.82, 2.24) is 25.5 Å². The highest BCUT2D eigenvalue weighted by molar-refractivity contribution is 7.99. The minimum absolute atomic E-state index is 0.0745. The van der Waals surface area contributed by atoms with Gasteiger partial charge < -0.3 is 11.1 Å². The first-order valence-electron chi connectivity index (χ1n) is 6.14. The number of nitrogens with two attached hydrogens (primary N) is 1. The van der Waals surface area contributed by atoms with Crippen molar-refractivity contribution < 1.29 is 13.2 Å². The fourth-order valence-corrected chi connectivity index (χ4v) is 5.14. The number of nitrogens with one attached hydrogen (secondary N) is 1. The summed E-state index contributed by atoms with van der Waals surface area (Å²) in [7, 11) is -3.17. The molecule has 0 saturated carbocycles. The molecular formula is C9H15ClN6O3S2. The highest BCUT2D eigenvalue weighted by Gasteiger charge is 2.37. The Morgan fingerprint density at radius 3 is 2.90 bits per heavy atom. The molecule has 12 heteroatoms. The van der Waals surface area contributed by atoms with Gasteiger partial charge in [-0.05, 0) is 10.4 Å². The predicted octanol–water partition coefficient (Wildman–Crippen LogP) is -1.76. The first-order chi connectivity index (χ1) is 9.91. The highest BCUT2D eigenvalue weighted by atomic mass is 35.5. The quantitative estimate of drug-likeness (QED) is 0.453. The van der Waals surface area contributed by atoms with Gasteiger partial charge >= 0.3 is 0 Å². The van der Waals surface area contributed by atoms with Gasteiger partial charge in [0, 0.05) is 6.54 Å². The van der Waals surface area contributed by atoms with Crippen LogP contribution < -0.4 is 11.1 Å². The third kappa shape index (κ3) is 4.53. The molecule has 0 aliphatic carbocycles. The van der Waals surface area contributed by atoms with Crippen LogP contribution in [0.4, 0.5) is 0 Å². The summed E-state index contributed by atoms with van der Waals surface area (Å²) in [5.74, 6) is -0.468. The van der Waals surface area contributed by atoms with Crippen LogP contribution in [0.25, 0.3) is 0 Å². The smallest absolute Gasteiger partial charge is 0.230 e. The number of hydrogen-bond acceptors (Lipinski definition) is 8. The Bertz CT molecular complexity index is 606. The molecule has 9 nitrogen and oxygen atoms in total. The van der Waals surface area contributed by atoms with Crippen LogP contribution in [-0.4, -0.2) is 69.8 Å². The Balaban J connectivity index is 1.84. The van der Waals surface area contributed by atoms with E-state index in [4.69, 9.17) is 17.3 Å². The third-order valence-corrected chi connectivity index (χ3v) is 6.13. The molecule has 2 unspecified atom stereocenters. The average molecular weight is 355 g/mol. The van der Waals surface area contributed by atoms with Gasteiger partial charge in [-0.1, -0.05) is 11.8 Å². The lowest BCUT2D eigenvalue weighted by molar-refractivity contribution is -0.119. The van der Waals surface area contributed by atoms with Gasteiger partial charge in [-0.15, -0.1) is 16.7 Å². The normalized spacial score (nSPS) is 24.1. The number of halogens is 1. The molecule has 118 valence electrons. The fraction of sp³-hybridized carbons (Fsp3) is 0.778. The number of alkyl halides is 1. The van der Waals surface area contributed by atoms with Gasteiger partial charge in [0.1, 0.15) is 0 Å². The van der Waals surface area contributed by atoms with Crippen molar-refractivity contribution in [2.24, 2.45) is 5.73 Å². The van der Waals surface area contributed by atoms with E-state index in [0.29, 0.717) is 18.2 Å². The van der Waals surface area contributed by atoms with Crippen LogP contribution in [0.15, 0.2) is 5.16 Å². The van der Waals surface area contributed by atoms with Gasteiger partial charge in [-0.25, -0.2) is 13.1 Å². The second-order valence-corrected chi connectivity index (χ2v) is 8.19. The summed E-state index contributed by atoms with van der Waals surface area (Å²) in [4.78, 5) is 11.8. The topological polar surface area (TPSA) is 133 Å². The molecule has 2 rings (SSSR count). The molecule has 3 N–H and O–H groups in total. The Hall–Kier alpha value is -0.910. The number of sulfone groups is 1. The number of amides is 1. The van der Waals surface area contributed by atoms with Crippen LogP contribution in [0, 0.1) is 0 Å². The van der Waals surface area contributed by atoms with E-state index in [9.17, 15) is 13.2 Å². The van der Waals surface area contributed by atoms with Crippen LogP contribution >= 0.6 is 23.4 Å². The minimum Gasteiger partial charge on any atom is -0.350 e. The van der Waals surface area contributed by atoms with E-state index in [0.717, 1.165) is 11.8 Å². The molecule has 1 aromatic heterocycles. The zero-order chi connectivity index (χ0) is 15.5. The molecule has 1 fully saturated rings. The molecule has 0 bridgehead atoms. The number of tetrazole rings is 1. The van der Waals surface area contributed by atoms with Gasteiger partial charge in [0.05, 0.1) is 35.2 Å². The van der Waals surface area contributed by atoms with Crippen molar-refractivity contribution in [3.8, 4) is 0 Å². The molecule has 1 aromatic rings. The number of hydrogen-bond donors (Lipinski definition) is 2. The number of carbonyl (C=O) groups is 1. The maximum absolute atomic E-state index is 11.8. The standard InChI is InChI=1S/C9H15ClN6O3S2/c10-6-4-21(18,19)5-7(6)12-8(17)3-20-9-13-14-15-16(9)2-1-11/h6-7H,1-5,11H2,(H,12,17). The van der Waals surface area contributed by atoms with Crippen LogP contribution in [0.1, 0.15) is 0 Å². The molecular weight excluding hydrogens is 340 g/mol. The number of thioether (sulfide) groups is 1. The zero-order valence-corrected chi connectivity index (χ0v) is 13.4. The summed E-state index contributed by atoms with van der Waals surface area (Å²) >= 11 is 7.07. The molecule has 1 aliphatic heterocycles. The van der Waals surface area contributed by atoms with Crippen LogP contribution in [0.2, 0.25) is 0 Å². The molecule has 0 radical (unpaired) electrons. The summed E-state index contributed by atoms with van der Waals surface area (Å²) in [5.41, 5.74) is 5.42. The third-order valence-electron chi connectivity index (χ3n) is 2.80. The molecule has 21 heavy (non-hydrogen) atoms. The zero-order valence-electron chi connectivity index (χ0n) is 11.0. The lowest BCUT2D eigenvalue weighted by atomic mass is 10.2. The van der Waals surface area contributed by atoms with E-state index >= 15 is 0 Å². The van der Waals surface area contributed by atoms with Crippen LogP contribution in [0.5, 0.6) is 0 Å². The lowest BCUT2D eigenvalue weighted by Crippen LogP contribution is -2.41. The van der Waals surface area contributed by atoms with Gasteiger partial charge in [0.2, 0.25) is 11.1 Å². The van der Waals surface area contributed by atoms with E-state index < -0.39 is 21.3 Å². The van der Waals surface area contributed by atoms with Gasteiger partial charge in [0.15, 0.2) is 9.84 Å². The maximum Gasteiger partial charge on any atom is 0.230 e. The molecule has 1 amide bonds. The van der Waals surface area contributed by atoms with E-state index in [2.05, 4.69) is 20.8 Å². The summed E-state index contributed by atoms with van der Waals surface area (Å²) in [6, 6.07) is -0.551. The fourth-order valence-electron chi connectivity index (χ4n) is 1.88. The lowest BCUT2D eigenvalue weighted by Gasteiger charge is -2.13. The van der Waals surface area contributed by atoms with Crippen LogP contribution in [-0.2, 0) is 21.2 Å². The van der Waals surface area contributed by atoms with E-state index in [1.807, 2.05) is 0 Å². The Morgan fingerprint density at radius 2 is 2.29 bits per heavy atom. The van der Waals surface area contributed by atoms with Crippen molar-refractivity contribution in [3.05, 3.63) is 0 Å². The van der Waals surface area contributed by atoms with Crippen molar-refractivity contribution in [1.29, 1.82) is 0 Å². The molecule has 1 aliphatic rings. The van der Waals surface area contributed by atoms with E-state index in [1.165, 1.54) is 4.68 Å². The summed E-state index contributed by atoms with van der Waals surface area (Å²) in [6.45, 7) is 0.847. The first-order valence-corrected chi connectivity index (χ1v) is 9.38. The number of carbonyl (C=O) groups excluding carboxylic acids is 1. The highest BCUT2D eigenvalue weighted by Crippen LogP contribution is 2.19. The first kappa shape index (κ1) is 16.5. The van der Waals surface area contributed by atoms with Crippen molar-refractivity contribution in [2.75, 3.05) is 23.8 Å². The number of rotatable bonds is 6. The summed E-state index contributed by atoms with van der Waals surface area (Å²) in [5, 5.41) is 13.5. The molecule has 0 spiro atoms. The minimum atomic E-state index is -3.17. The van der Waals surface area contributed by atoms with Gasteiger partial charge in [-0.2, -0.15) is 0 Å². The Kier molecular flexibility index (Phi) is 5.41. The molecule has 1 saturated heterocycles. The second kappa shape index (κ2) is 6.90. The molecule has 2 heterocycles. The summed E-state index contributed by atoms with van der Waals surface area (Å²) < 4.78 is 24.3. The maximum atomic E-state index is 11.8. The number of aromatic nitrogens is 4. The second-order valence-electron chi connectivity index (χ2n) is 4.53. The van der Waals surface area contributed by atoms with Crippen molar-refractivity contribution >= 4 is 39.1 Å². The monoisotopic (exact) mass is 354 g/mol. The SMILES string of the molecule is NCCn1nnnc1SCC(=O)NC1CS(=O)(=O)CC1Cl. The Labute approximate surface area is 130 Å². The van der Waals surface area contributed by atoms with E-state index in [-0.39, 0.29) is 23.2 Å². The van der Waals surface area contributed by atoms with Gasteiger partial charge in [0.25, 0.3) is 0 Å². The average Bonchev–Trinajstić information content (AvgIpc) is 2.92.